The molecule has 0 aliphatic rings. The van der Waals surface area contributed by atoms with E-state index in [1.165, 1.54) is 0 Å². The number of hydrogen-bond donors (Lipinski definition) is 2. The normalized spacial score (nSPS) is 10.2. The van der Waals surface area contributed by atoms with Crippen LogP contribution in [0.25, 0.3) is 0 Å². The lowest BCUT2D eigenvalue weighted by Crippen LogP contribution is -2.21. The molecule has 0 aromatic heterocycles. The molecule has 2 N–H and O–H groups in total. The minimum atomic E-state index is -0.626. The minimum Gasteiger partial charge on any atom is -0.456 e. The molecule has 6 nitrogen and oxygen atoms in total. The average Bonchev–Trinajstić information content (AvgIpc) is 2.60. The molecule has 0 atom stereocenters. The van der Waals surface area contributed by atoms with Crippen LogP contribution in [0.1, 0.15) is 18.4 Å². The smallest absolute Gasteiger partial charge is 0.306 e. The van der Waals surface area contributed by atoms with Crippen molar-refractivity contribution in [3.05, 3.63) is 57.5 Å². The molecule has 0 fully saturated rings. The average molecular weight is 454 g/mol. The van der Waals surface area contributed by atoms with Crippen LogP contribution in [0.5, 0.6) is 0 Å². The second-order valence-electron chi connectivity index (χ2n) is 5.73. The number of halogens is 2. The molecule has 0 aliphatic heterocycles. The van der Waals surface area contributed by atoms with Gasteiger partial charge in [-0.15, -0.1) is 0 Å². The van der Waals surface area contributed by atoms with Gasteiger partial charge in [0.2, 0.25) is 5.91 Å². The zero-order chi connectivity index (χ0) is 19.8. The number of nitrogens with one attached hydrogen (secondary N) is 2. The van der Waals surface area contributed by atoms with Crippen LogP contribution in [0, 0.1) is 6.92 Å². The summed E-state index contributed by atoms with van der Waals surface area (Å²) in [6.45, 7) is 1.44. The maximum atomic E-state index is 11.9. The van der Waals surface area contributed by atoms with Crippen molar-refractivity contribution in [1.29, 1.82) is 0 Å². The van der Waals surface area contributed by atoms with Crippen molar-refractivity contribution in [2.75, 3.05) is 17.2 Å². The summed E-state index contributed by atoms with van der Waals surface area (Å²) < 4.78 is 5.79. The van der Waals surface area contributed by atoms with Gasteiger partial charge < -0.3 is 15.4 Å². The second kappa shape index (κ2) is 10.1. The van der Waals surface area contributed by atoms with Crippen LogP contribution in [-0.4, -0.2) is 24.4 Å². The van der Waals surface area contributed by atoms with Gasteiger partial charge in [-0.05, 0) is 48.9 Å². The molecular weight excluding hydrogens is 436 g/mol. The monoisotopic (exact) mass is 452 g/mol. The Morgan fingerprint density at radius 1 is 1.04 bits per heavy atom. The molecule has 0 heterocycles. The highest BCUT2D eigenvalue weighted by molar-refractivity contribution is 9.10. The van der Waals surface area contributed by atoms with E-state index in [1.807, 2.05) is 19.1 Å². The summed E-state index contributed by atoms with van der Waals surface area (Å²) in [4.78, 5) is 35.4. The molecule has 0 unspecified atom stereocenters. The van der Waals surface area contributed by atoms with Crippen LogP contribution in [-0.2, 0) is 19.1 Å². The molecule has 2 rings (SSSR count). The van der Waals surface area contributed by atoms with Crippen molar-refractivity contribution in [3.63, 3.8) is 0 Å². The number of aryl methyl sites for hydroxylation is 1. The summed E-state index contributed by atoms with van der Waals surface area (Å²) in [6, 6.07) is 12.1. The van der Waals surface area contributed by atoms with Gasteiger partial charge in [0.15, 0.2) is 6.61 Å². The molecule has 8 heteroatoms. The number of ether oxygens (including phenoxy) is 1. The maximum Gasteiger partial charge on any atom is 0.306 e. The first-order chi connectivity index (χ1) is 12.8. The van der Waals surface area contributed by atoms with Gasteiger partial charge in [0, 0.05) is 27.3 Å². The molecular formula is C19H18BrClN2O4. The highest BCUT2D eigenvalue weighted by Gasteiger charge is 2.12. The lowest BCUT2D eigenvalue weighted by atomic mass is 10.2. The Morgan fingerprint density at radius 3 is 2.52 bits per heavy atom. The fraction of sp³-hybridized carbons (Fsp3) is 0.211. The predicted molar refractivity (Wildman–Crippen MR) is 108 cm³/mol. The third kappa shape index (κ3) is 7.40. The fourth-order valence-electron chi connectivity index (χ4n) is 2.18. The molecule has 0 bridgehead atoms. The van der Waals surface area contributed by atoms with Crippen molar-refractivity contribution in [2.45, 2.75) is 19.8 Å². The minimum absolute atomic E-state index is 0.0375. The molecule has 0 radical (unpaired) electrons. The highest BCUT2D eigenvalue weighted by Crippen LogP contribution is 2.20. The molecule has 2 aromatic carbocycles. The van der Waals surface area contributed by atoms with Crippen molar-refractivity contribution < 1.29 is 19.1 Å². The van der Waals surface area contributed by atoms with Gasteiger partial charge in [0.05, 0.1) is 6.42 Å². The van der Waals surface area contributed by atoms with Gasteiger partial charge in [0.25, 0.3) is 5.91 Å². The van der Waals surface area contributed by atoms with E-state index < -0.39 is 18.5 Å². The lowest BCUT2D eigenvalue weighted by Gasteiger charge is -2.09. The van der Waals surface area contributed by atoms with Crippen LogP contribution >= 0.6 is 27.5 Å². The van der Waals surface area contributed by atoms with Gasteiger partial charge in [0.1, 0.15) is 0 Å². The number of benzene rings is 2. The van der Waals surface area contributed by atoms with Crippen LogP contribution in [0.4, 0.5) is 11.4 Å². The molecule has 2 aromatic rings. The Labute approximate surface area is 170 Å². The van der Waals surface area contributed by atoms with E-state index in [9.17, 15) is 14.4 Å². The Morgan fingerprint density at radius 2 is 1.81 bits per heavy atom. The molecule has 0 spiro atoms. The number of amides is 2. The van der Waals surface area contributed by atoms with Gasteiger partial charge in [-0.2, -0.15) is 0 Å². The van der Waals surface area contributed by atoms with E-state index in [-0.39, 0.29) is 18.7 Å². The van der Waals surface area contributed by atoms with Gasteiger partial charge in [-0.25, -0.2) is 0 Å². The van der Waals surface area contributed by atoms with Gasteiger partial charge in [-0.3, -0.25) is 14.4 Å². The first-order valence-electron chi connectivity index (χ1n) is 8.10. The number of carbonyl (C=O) groups is 3. The fourth-order valence-corrected chi connectivity index (χ4v) is 2.84. The van der Waals surface area contributed by atoms with E-state index in [0.717, 1.165) is 10.0 Å². The number of carbonyl (C=O) groups excluding carboxylic acids is 3. The quantitative estimate of drug-likeness (QED) is 0.612. The maximum absolute atomic E-state index is 11.9. The Kier molecular flexibility index (Phi) is 7.82. The first-order valence-corrected chi connectivity index (χ1v) is 9.27. The van der Waals surface area contributed by atoms with E-state index in [0.29, 0.717) is 16.4 Å². The van der Waals surface area contributed by atoms with Crippen LogP contribution in [0.15, 0.2) is 46.9 Å². The summed E-state index contributed by atoms with van der Waals surface area (Å²) in [7, 11) is 0. The van der Waals surface area contributed by atoms with Crippen molar-refractivity contribution in [2.24, 2.45) is 0 Å². The van der Waals surface area contributed by atoms with Crippen molar-refractivity contribution >= 4 is 56.7 Å². The Bertz CT molecular complexity index is 857. The van der Waals surface area contributed by atoms with Crippen LogP contribution in [0.2, 0.25) is 5.02 Å². The molecule has 0 saturated carbocycles. The zero-order valence-corrected chi connectivity index (χ0v) is 16.9. The standard InChI is InChI=1S/C19H18BrClN2O4/c1-12-9-13(20)5-6-16(12)23-17(24)7-8-19(26)27-11-18(25)22-15-4-2-3-14(21)10-15/h2-6,9-10H,7-8,11H2,1H3,(H,22,25)(H,23,24). The lowest BCUT2D eigenvalue weighted by molar-refractivity contribution is -0.147. The molecule has 2 amide bonds. The summed E-state index contributed by atoms with van der Waals surface area (Å²) in [5, 5.41) is 5.78. The largest absolute Gasteiger partial charge is 0.456 e. The van der Waals surface area contributed by atoms with E-state index >= 15 is 0 Å². The first kappa shape index (κ1) is 20.9. The summed E-state index contributed by atoms with van der Waals surface area (Å²) in [5.41, 5.74) is 2.09. The van der Waals surface area contributed by atoms with Gasteiger partial charge in [-0.1, -0.05) is 33.6 Å². The molecule has 0 aliphatic carbocycles. The zero-order valence-electron chi connectivity index (χ0n) is 14.6. The van der Waals surface area contributed by atoms with Crippen LogP contribution < -0.4 is 10.6 Å². The summed E-state index contributed by atoms with van der Waals surface area (Å²) >= 11 is 9.18. The SMILES string of the molecule is Cc1cc(Br)ccc1NC(=O)CCC(=O)OCC(=O)Nc1cccc(Cl)c1. The molecule has 27 heavy (non-hydrogen) atoms. The topological polar surface area (TPSA) is 84.5 Å². The summed E-state index contributed by atoms with van der Waals surface area (Å²) in [6.07, 6.45) is -0.157. The van der Waals surface area contributed by atoms with Crippen molar-refractivity contribution in [3.8, 4) is 0 Å². The van der Waals surface area contributed by atoms with E-state index in [1.54, 1.807) is 30.3 Å². The number of rotatable bonds is 7. The Balaban J connectivity index is 1.70. The third-order valence-electron chi connectivity index (χ3n) is 3.49. The van der Waals surface area contributed by atoms with Gasteiger partial charge >= 0.3 is 5.97 Å². The highest BCUT2D eigenvalue weighted by atomic mass is 79.9. The predicted octanol–water partition coefficient (Wildman–Crippen LogP) is 4.31. The third-order valence-corrected chi connectivity index (χ3v) is 4.22. The molecule has 0 saturated heterocycles. The number of hydrogen-bond acceptors (Lipinski definition) is 4. The van der Waals surface area contributed by atoms with E-state index in [4.69, 9.17) is 16.3 Å². The van der Waals surface area contributed by atoms with E-state index in [2.05, 4.69) is 26.6 Å². The molecule has 142 valence electrons. The van der Waals surface area contributed by atoms with Crippen LogP contribution in [0.3, 0.4) is 0 Å². The number of esters is 1. The summed E-state index contributed by atoms with van der Waals surface area (Å²) in [5.74, 6) is -1.42. The van der Waals surface area contributed by atoms with Crippen molar-refractivity contribution in [1.82, 2.24) is 0 Å². The Hall–Kier alpha value is -2.38. The second-order valence-corrected chi connectivity index (χ2v) is 7.08. The number of anilines is 2.